The lowest BCUT2D eigenvalue weighted by atomic mass is 10.1. The molecule has 0 spiro atoms. The van der Waals surface area contributed by atoms with Crippen LogP contribution in [0.2, 0.25) is 0 Å². The van der Waals surface area contributed by atoms with E-state index in [4.69, 9.17) is 4.98 Å². The van der Waals surface area contributed by atoms with Crippen molar-refractivity contribution in [2.45, 2.75) is 0 Å². The van der Waals surface area contributed by atoms with E-state index in [1.54, 1.807) is 0 Å². The normalized spacial score (nSPS) is 11.1. The van der Waals surface area contributed by atoms with E-state index in [0.29, 0.717) is 0 Å². The summed E-state index contributed by atoms with van der Waals surface area (Å²) in [5.41, 5.74) is 14.3. The molecule has 10 heteroatoms. The predicted octanol–water partition coefficient (Wildman–Crippen LogP) is -2.82. The van der Waals surface area contributed by atoms with Gasteiger partial charge in [0.25, 0.3) is 0 Å². The molecular formula is C37H32I3N7. The number of aromatic nitrogens is 7. The average Bonchev–Trinajstić information content (AvgIpc) is 3.85. The van der Waals surface area contributed by atoms with Crippen molar-refractivity contribution in [2.75, 3.05) is 0 Å². The summed E-state index contributed by atoms with van der Waals surface area (Å²) in [4.78, 5) is 16.6. The Morgan fingerprint density at radius 1 is 0.404 bits per heavy atom. The average molecular weight is 955 g/mol. The van der Waals surface area contributed by atoms with Crippen molar-refractivity contribution in [3.63, 3.8) is 0 Å². The summed E-state index contributed by atoms with van der Waals surface area (Å²) in [6.45, 7) is 0. The first-order chi connectivity index (χ1) is 21.5. The molecule has 0 atom stereocenters. The van der Waals surface area contributed by atoms with Gasteiger partial charge in [-0.1, -0.05) is 0 Å². The van der Waals surface area contributed by atoms with Gasteiger partial charge < -0.3 is 86.9 Å². The second-order valence-corrected chi connectivity index (χ2v) is 11.3. The van der Waals surface area contributed by atoms with Crippen molar-refractivity contribution in [1.29, 1.82) is 0 Å². The van der Waals surface area contributed by atoms with Gasteiger partial charge >= 0.3 is 0 Å². The molecule has 0 saturated carbocycles. The summed E-state index contributed by atoms with van der Waals surface area (Å²) in [7, 11) is 6.24. The number of nitrogens with zero attached hydrogens (tertiary/aromatic N) is 4. The van der Waals surface area contributed by atoms with Crippen LogP contribution in [0.4, 0.5) is 0 Å². The highest BCUT2D eigenvalue weighted by Gasteiger charge is 2.23. The molecule has 3 N–H and O–H groups in total. The van der Waals surface area contributed by atoms with Crippen LogP contribution in [0.25, 0.3) is 79.0 Å². The SMILES string of the molecule is C[n+]1ccccc1-c1c2nc(c(-c3cccc[n+]3C)c3ccc([nH]3)c3ccc([nH]3)c(-c3cccc[n+]3C)c3ccc1[nH]3)C=C2.[I-].[I-].[I-]. The van der Waals surface area contributed by atoms with Crippen molar-refractivity contribution < 1.29 is 85.6 Å². The molecule has 0 unspecified atom stereocenters. The standard InChI is InChI=1S/C37H30N7.3HI/c1-42-21-7-4-10-32(42)35-26-15-13-24(38-26)25-14-16-27(39-25)36(33-11-5-8-22-43(33)2)29-18-20-31(41-29)37(30-19-17-28(35)40-30)34-12-6-9-23-44(34)3;;;/h4-23H,1-3H3,(H,40,41);3*1H/q+1;;;/p-1. The number of aryl methyl sites for hydroxylation is 3. The third kappa shape index (κ3) is 6.22. The Bertz CT molecular complexity index is 2400. The van der Waals surface area contributed by atoms with E-state index in [-0.39, 0.29) is 71.9 Å². The van der Waals surface area contributed by atoms with Gasteiger partial charge in [0.05, 0.1) is 61.2 Å². The summed E-state index contributed by atoms with van der Waals surface area (Å²) in [5, 5.41) is 0. The van der Waals surface area contributed by atoms with Crippen LogP contribution in [0.3, 0.4) is 0 Å². The molecule has 8 rings (SSSR count). The van der Waals surface area contributed by atoms with E-state index >= 15 is 0 Å². The first kappa shape index (κ1) is 34.7. The van der Waals surface area contributed by atoms with E-state index in [0.717, 1.165) is 78.3 Å². The second kappa shape index (κ2) is 14.2. The van der Waals surface area contributed by atoms with Gasteiger partial charge in [-0.05, 0) is 66.7 Å². The molecule has 8 heterocycles. The molecular weight excluding hydrogens is 923 g/mol. The number of aromatic amines is 3. The minimum Gasteiger partial charge on any atom is -1.00 e. The van der Waals surface area contributed by atoms with Gasteiger partial charge in [0.15, 0.2) is 18.6 Å². The number of nitrogens with one attached hydrogen (secondary N) is 3. The molecule has 1 aliphatic rings. The summed E-state index contributed by atoms with van der Waals surface area (Å²) in [6, 6.07) is 31.8. The van der Waals surface area contributed by atoms with Gasteiger partial charge in [-0.2, -0.15) is 0 Å². The zero-order chi connectivity index (χ0) is 29.8. The highest BCUT2D eigenvalue weighted by Crippen LogP contribution is 2.34. The zero-order valence-electron chi connectivity index (χ0n) is 26.0. The minimum absolute atomic E-state index is 0. The van der Waals surface area contributed by atoms with Crippen molar-refractivity contribution in [1.82, 2.24) is 19.9 Å². The van der Waals surface area contributed by atoms with Gasteiger partial charge in [-0.3, -0.25) is 0 Å². The Balaban J connectivity index is 0.00000144. The maximum Gasteiger partial charge on any atom is 0.216 e. The van der Waals surface area contributed by atoms with E-state index in [2.05, 4.69) is 165 Å². The summed E-state index contributed by atoms with van der Waals surface area (Å²) >= 11 is 0. The zero-order valence-corrected chi connectivity index (χ0v) is 32.4. The summed E-state index contributed by atoms with van der Waals surface area (Å²) in [6.07, 6.45) is 10.5. The topological polar surface area (TPSA) is 71.9 Å². The summed E-state index contributed by atoms with van der Waals surface area (Å²) < 4.78 is 6.45. The van der Waals surface area contributed by atoms with E-state index in [9.17, 15) is 0 Å². The van der Waals surface area contributed by atoms with Gasteiger partial charge in [0, 0.05) is 36.4 Å². The van der Waals surface area contributed by atoms with Crippen molar-refractivity contribution in [2.24, 2.45) is 21.1 Å². The monoisotopic (exact) mass is 955 g/mol. The number of halogens is 3. The molecule has 1 aliphatic heterocycles. The van der Waals surface area contributed by atoms with Crippen molar-refractivity contribution in [3.05, 3.63) is 121 Å². The van der Waals surface area contributed by atoms with Gasteiger partial charge in [-0.15, -0.1) is 0 Å². The first-order valence-electron chi connectivity index (χ1n) is 14.7. The van der Waals surface area contributed by atoms with Crippen LogP contribution in [0.1, 0.15) is 11.4 Å². The predicted molar refractivity (Wildman–Crippen MR) is 175 cm³/mol. The Hall–Kier alpha value is -3.63. The number of rotatable bonds is 3. The van der Waals surface area contributed by atoms with Gasteiger partial charge in [0.1, 0.15) is 21.1 Å². The van der Waals surface area contributed by atoms with E-state index in [1.165, 1.54) is 0 Å². The smallest absolute Gasteiger partial charge is 0.216 e. The van der Waals surface area contributed by atoms with Crippen LogP contribution in [0, 0.1) is 0 Å². The third-order valence-corrected chi connectivity index (χ3v) is 8.51. The van der Waals surface area contributed by atoms with Crippen LogP contribution in [-0.2, 0) is 21.1 Å². The molecule has 0 amide bonds. The lowest BCUT2D eigenvalue weighted by Crippen LogP contribution is -3.00. The molecule has 8 bridgehead atoms. The Kier molecular flexibility index (Phi) is 10.5. The molecule has 7 aromatic rings. The molecule has 0 saturated heterocycles. The van der Waals surface area contributed by atoms with Crippen LogP contribution in [-0.4, -0.2) is 19.9 Å². The number of pyridine rings is 3. The molecule has 0 radical (unpaired) electrons. The van der Waals surface area contributed by atoms with Gasteiger partial charge in [0.2, 0.25) is 17.1 Å². The Morgan fingerprint density at radius 2 is 0.723 bits per heavy atom. The molecule has 7 nitrogen and oxygen atoms in total. The largest absolute Gasteiger partial charge is 1.00 e. The highest BCUT2D eigenvalue weighted by molar-refractivity contribution is 5.97. The molecule has 236 valence electrons. The van der Waals surface area contributed by atoms with Crippen LogP contribution in [0.5, 0.6) is 0 Å². The van der Waals surface area contributed by atoms with E-state index in [1.807, 2.05) is 6.07 Å². The quantitative estimate of drug-likeness (QED) is 0.130. The maximum absolute atomic E-state index is 5.33. The molecule has 0 aromatic carbocycles. The number of hydrogen-bond donors (Lipinski definition) is 3. The Morgan fingerprint density at radius 3 is 1.11 bits per heavy atom. The maximum atomic E-state index is 5.33. The number of hydrogen-bond acceptors (Lipinski definition) is 1. The summed E-state index contributed by atoms with van der Waals surface area (Å²) in [5.74, 6) is 0. The lowest BCUT2D eigenvalue weighted by Gasteiger charge is -2.03. The molecule has 0 fully saturated rings. The lowest BCUT2D eigenvalue weighted by molar-refractivity contribution is -0.660. The molecule has 7 aromatic heterocycles. The first-order valence-corrected chi connectivity index (χ1v) is 14.7. The minimum atomic E-state index is 0. The fraction of sp³-hybridized carbons (Fsp3) is 0.0811. The number of H-pyrrole nitrogens is 3. The Labute approximate surface area is 323 Å². The fourth-order valence-electron chi connectivity index (χ4n) is 6.31. The highest BCUT2D eigenvalue weighted by atomic mass is 127. The third-order valence-electron chi connectivity index (χ3n) is 8.51. The van der Waals surface area contributed by atoms with Crippen LogP contribution in [0.15, 0.2) is 110 Å². The van der Waals surface area contributed by atoms with Crippen LogP contribution >= 0.6 is 0 Å². The fourth-order valence-corrected chi connectivity index (χ4v) is 6.31. The van der Waals surface area contributed by atoms with Crippen LogP contribution < -0.4 is 85.6 Å². The number of fused-ring (bicyclic) bond motifs is 9. The van der Waals surface area contributed by atoms with Gasteiger partial charge in [-0.25, -0.2) is 18.7 Å². The van der Waals surface area contributed by atoms with E-state index < -0.39 is 0 Å². The molecule has 47 heavy (non-hydrogen) atoms. The van der Waals surface area contributed by atoms with Crippen molar-refractivity contribution in [3.8, 4) is 33.8 Å². The second-order valence-electron chi connectivity index (χ2n) is 11.3. The van der Waals surface area contributed by atoms with Crippen molar-refractivity contribution >= 4 is 45.3 Å². The molecule has 0 aliphatic carbocycles.